The molecule has 1 N–H and O–H groups in total. The molecule has 1 aromatic heterocycles. The van der Waals surface area contributed by atoms with Crippen molar-refractivity contribution in [1.29, 1.82) is 0 Å². The average molecular weight is 253 g/mol. The van der Waals surface area contributed by atoms with Crippen LogP contribution in [-0.2, 0) is 0 Å². The van der Waals surface area contributed by atoms with Gasteiger partial charge in [0.25, 0.3) is 0 Å². The highest BCUT2D eigenvalue weighted by Crippen LogP contribution is 2.28. The second-order valence-corrected chi connectivity index (χ2v) is 3.54. The van der Waals surface area contributed by atoms with Gasteiger partial charge < -0.3 is 9.72 Å². The molecule has 0 fully saturated rings. The summed E-state index contributed by atoms with van der Waals surface area (Å²) in [7, 11) is 1.66. The molecule has 2 rings (SSSR count). The predicted octanol–water partition coefficient (Wildman–Crippen LogP) is 2.85. The molecule has 0 radical (unpaired) electrons. The van der Waals surface area contributed by atoms with Gasteiger partial charge in [-0.25, -0.2) is 4.98 Å². The number of hydrogen-bond acceptors (Lipinski definition) is 2. The molecule has 0 aliphatic carbocycles. The number of imidazole rings is 1. The zero-order valence-electron chi connectivity index (χ0n) is 7.62. The number of para-hydroxylation sites is 1. The fourth-order valence-electron chi connectivity index (χ4n) is 1.30. The molecule has 0 unspecified atom stereocenters. The molecule has 0 bridgehead atoms. The Morgan fingerprint density at radius 1 is 1.36 bits per heavy atom. The van der Waals surface area contributed by atoms with Gasteiger partial charge in [-0.3, -0.25) is 0 Å². The van der Waals surface area contributed by atoms with Crippen molar-refractivity contribution in [3.05, 3.63) is 35.2 Å². The number of nitrogens with zero attached hydrogens (tertiary/aromatic N) is 1. The van der Waals surface area contributed by atoms with Gasteiger partial charge in [-0.15, -0.1) is 0 Å². The number of methoxy groups -OCH3 is 1. The van der Waals surface area contributed by atoms with E-state index in [2.05, 4.69) is 25.9 Å². The molecular formula is C10H9BrN2O. The molecule has 0 aliphatic heterocycles. The minimum absolute atomic E-state index is 0.721. The number of aromatic nitrogens is 2. The van der Waals surface area contributed by atoms with Crippen LogP contribution < -0.4 is 4.74 Å². The molecule has 1 aromatic carbocycles. The summed E-state index contributed by atoms with van der Waals surface area (Å²) in [5, 5.41) is 0. The highest BCUT2D eigenvalue weighted by Gasteiger charge is 2.06. The first-order valence-electron chi connectivity index (χ1n) is 4.15. The Kier molecular flexibility index (Phi) is 2.54. The van der Waals surface area contributed by atoms with Crippen molar-refractivity contribution in [2.75, 3.05) is 7.11 Å². The minimum Gasteiger partial charge on any atom is -0.496 e. The maximum absolute atomic E-state index is 5.25. The van der Waals surface area contributed by atoms with Gasteiger partial charge in [0.15, 0.2) is 4.73 Å². The second-order valence-electron chi connectivity index (χ2n) is 2.79. The fourth-order valence-corrected chi connectivity index (χ4v) is 1.62. The molecular weight excluding hydrogens is 244 g/mol. The van der Waals surface area contributed by atoms with Crippen molar-refractivity contribution >= 4 is 15.9 Å². The first kappa shape index (κ1) is 9.27. The smallest absolute Gasteiger partial charge is 0.174 e. The zero-order valence-corrected chi connectivity index (χ0v) is 9.21. The fraction of sp³-hybridized carbons (Fsp3) is 0.100. The third-order valence-corrected chi connectivity index (χ3v) is 2.34. The van der Waals surface area contributed by atoms with E-state index in [0.29, 0.717) is 0 Å². The number of ether oxygens (including phenoxy) is 1. The summed E-state index contributed by atoms with van der Waals surface area (Å²) < 4.78 is 5.97. The van der Waals surface area contributed by atoms with Crippen LogP contribution in [0.2, 0.25) is 0 Å². The van der Waals surface area contributed by atoms with Crippen LogP contribution >= 0.6 is 15.9 Å². The van der Waals surface area contributed by atoms with Crippen molar-refractivity contribution in [2.45, 2.75) is 0 Å². The Morgan fingerprint density at radius 3 is 2.79 bits per heavy atom. The Hall–Kier alpha value is -1.29. The van der Waals surface area contributed by atoms with Gasteiger partial charge in [-0.2, -0.15) is 0 Å². The molecule has 4 heteroatoms. The van der Waals surface area contributed by atoms with Gasteiger partial charge in [-0.05, 0) is 28.1 Å². The van der Waals surface area contributed by atoms with Crippen molar-refractivity contribution in [2.24, 2.45) is 0 Å². The van der Waals surface area contributed by atoms with Crippen molar-refractivity contribution in [3.63, 3.8) is 0 Å². The molecule has 0 saturated heterocycles. The van der Waals surface area contributed by atoms with Crippen molar-refractivity contribution < 1.29 is 4.74 Å². The minimum atomic E-state index is 0.721. The lowest BCUT2D eigenvalue weighted by atomic mass is 10.1. The summed E-state index contributed by atoms with van der Waals surface area (Å²) in [6, 6.07) is 7.81. The van der Waals surface area contributed by atoms with E-state index >= 15 is 0 Å². The number of benzene rings is 1. The van der Waals surface area contributed by atoms with E-state index in [1.807, 2.05) is 24.3 Å². The van der Waals surface area contributed by atoms with E-state index in [4.69, 9.17) is 4.74 Å². The first-order chi connectivity index (χ1) is 6.81. The molecule has 0 spiro atoms. The monoisotopic (exact) mass is 252 g/mol. The van der Waals surface area contributed by atoms with Gasteiger partial charge in [0.1, 0.15) is 5.75 Å². The third-order valence-electron chi connectivity index (χ3n) is 1.94. The van der Waals surface area contributed by atoms with Gasteiger partial charge in [0.05, 0.1) is 19.0 Å². The van der Waals surface area contributed by atoms with E-state index in [1.165, 1.54) is 0 Å². The van der Waals surface area contributed by atoms with E-state index in [1.54, 1.807) is 13.3 Å². The molecule has 0 aliphatic rings. The number of nitrogens with one attached hydrogen (secondary N) is 1. The van der Waals surface area contributed by atoms with E-state index < -0.39 is 0 Å². The maximum Gasteiger partial charge on any atom is 0.174 e. The van der Waals surface area contributed by atoms with Gasteiger partial charge in [0.2, 0.25) is 0 Å². The quantitative estimate of drug-likeness (QED) is 0.893. The average Bonchev–Trinajstić information content (AvgIpc) is 2.65. The van der Waals surface area contributed by atoms with Crippen LogP contribution in [0, 0.1) is 0 Å². The maximum atomic E-state index is 5.25. The molecule has 1 heterocycles. The molecule has 0 saturated carbocycles. The Balaban J connectivity index is 2.50. The first-order valence-corrected chi connectivity index (χ1v) is 4.94. The molecule has 14 heavy (non-hydrogen) atoms. The number of halogens is 1. The summed E-state index contributed by atoms with van der Waals surface area (Å²) in [5.41, 5.74) is 1.95. The molecule has 0 atom stereocenters. The normalized spacial score (nSPS) is 10.1. The summed E-state index contributed by atoms with van der Waals surface area (Å²) in [6.45, 7) is 0. The predicted molar refractivity (Wildman–Crippen MR) is 58.3 cm³/mol. The Bertz CT molecular complexity index is 439. The van der Waals surface area contributed by atoms with E-state index in [9.17, 15) is 0 Å². The number of hydrogen-bond donors (Lipinski definition) is 1. The van der Waals surface area contributed by atoms with Gasteiger partial charge >= 0.3 is 0 Å². The summed E-state index contributed by atoms with van der Waals surface area (Å²) in [4.78, 5) is 7.17. The van der Waals surface area contributed by atoms with Crippen LogP contribution in [0.15, 0.2) is 35.2 Å². The lowest BCUT2D eigenvalue weighted by Gasteiger charge is -2.04. The molecule has 2 aromatic rings. The van der Waals surface area contributed by atoms with Crippen LogP contribution in [0.3, 0.4) is 0 Å². The Morgan fingerprint density at radius 2 is 2.14 bits per heavy atom. The topological polar surface area (TPSA) is 37.9 Å². The number of H-pyrrole nitrogens is 1. The third kappa shape index (κ3) is 1.65. The van der Waals surface area contributed by atoms with Crippen molar-refractivity contribution in [1.82, 2.24) is 9.97 Å². The zero-order chi connectivity index (χ0) is 9.97. The lowest BCUT2D eigenvalue weighted by Crippen LogP contribution is -1.86. The van der Waals surface area contributed by atoms with Crippen LogP contribution in [0.5, 0.6) is 5.75 Å². The molecule has 0 amide bonds. The molecule has 3 nitrogen and oxygen atoms in total. The van der Waals surface area contributed by atoms with Gasteiger partial charge in [0, 0.05) is 5.56 Å². The second kappa shape index (κ2) is 3.84. The summed E-state index contributed by atoms with van der Waals surface area (Å²) in [6.07, 6.45) is 1.77. The number of rotatable bonds is 2. The van der Waals surface area contributed by atoms with Crippen molar-refractivity contribution in [3.8, 4) is 17.0 Å². The lowest BCUT2D eigenvalue weighted by molar-refractivity contribution is 0.416. The Labute approximate surface area is 90.3 Å². The SMILES string of the molecule is COc1ccccc1-c1cnc(Br)[nH]1. The highest BCUT2D eigenvalue weighted by molar-refractivity contribution is 9.10. The van der Waals surface area contributed by atoms with Gasteiger partial charge in [-0.1, -0.05) is 12.1 Å². The van der Waals surface area contributed by atoms with E-state index in [-0.39, 0.29) is 0 Å². The highest BCUT2D eigenvalue weighted by atomic mass is 79.9. The summed E-state index contributed by atoms with van der Waals surface area (Å²) >= 11 is 3.27. The summed E-state index contributed by atoms with van der Waals surface area (Å²) in [5.74, 6) is 0.837. The largest absolute Gasteiger partial charge is 0.496 e. The molecule has 72 valence electrons. The van der Waals surface area contributed by atoms with Crippen LogP contribution in [0.4, 0.5) is 0 Å². The van der Waals surface area contributed by atoms with Crippen LogP contribution in [0.1, 0.15) is 0 Å². The van der Waals surface area contributed by atoms with Crippen LogP contribution in [0.25, 0.3) is 11.3 Å². The van der Waals surface area contributed by atoms with Crippen LogP contribution in [-0.4, -0.2) is 17.1 Å². The number of aromatic amines is 1. The van der Waals surface area contributed by atoms with E-state index in [0.717, 1.165) is 21.7 Å². The standard InChI is InChI=1S/C10H9BrN2O/c1-14-9-5-3-2-4-7(9)8-6-12-10(11)13-8/h2-6H,1H3,(H,12,13).